The highest BCUT2D eigenvalue weighted by Crippen LogP contribution is 2.30. The van der Waals surface area contributed by atoms with E-state index in [0.29, 0.717) is 44.5 Å². The SMILES string of the molecule is CC(C)(C)CCN(c1nc(-c2ccc(Cl)cc2)cc(-c2ccc(Cl)cc2)n1)C(O)CNC(C(=O)NC(NC(=N)N)C(=O)NC(NC(=N)N)C(=O)NC(NC(=N)N)C(=O)NC(NC(=N)N)C(N)=O)c1ccccc1. The number of aliphatic hydroxyl groups is 1. The van der Waals surface area contributed by atoms with Crippen LogP contribution in [0.15, 0.2) is 84.9 Å². The lowest BCUT2D eigenvalue weighted by Gasteiger charge is -2.32. The summed E-state index contributed by atoms with van der Waals surface area (Å²) >= 11 is 12.4. The molecule has 29 heteroatoms. The Bertz CT molecular complexity index is 2580. The monoisotopic (exact) mass is 1050 g/mol. The summed E-state index contributed by atoms with van der Waals surface area (Å²) in [7, 11) is 0. The molecule has 0 aliphatic carbocycles. The number of anilines is 1. The third kappa shape index (κ3) is 18.3. The van der Waals surface area contributed by atoms with Gasteiger partial charge in [0.15, 0.2) is 48.5 Å². The molecule has 0 bridgehead atoms. The number of primary amides is 1. The number of nitrogens with zero attached hydrogens (tertiary/aromatic N) is 3. The van der Waals surface area contributed by atoms with Crippen molar-refractivity contribution in [2.45, 2.75) is 64.1 Å². The molecule has 390 valence electrons. The summed E-state index contributed by atoms with van der Waals surface area (Å²) in [4.78, 5) is 78.3. The molecule has 1 heterocycles. The summed E-state index contributed by atoms with van der Waals surface area (Å²) < 4.78 is 0. The van der Waals surface area contributed by atoms with E-state index in [1.54, 1.807) is 89.8 Å². The topological polar surface area (TPSA) is 468 Å². The maximum absolute atomic E-state index is 14.4. The van der Waals surface area contributed by atoms with Gasteiger partial charge in [0.25, 0.3) is 23.6 Å². The van der Waals surface area contributed by atoms with E-state index in [1.807, 2.05) is 26.1 Å². The second-order valence-electron chi connectivity index (χ2n) is 17.1. The van der Waals surface area contributed by atoms with Crippen LogP contribution < -0.4 is 81.4 Å². The number of aromatic nitrogens is 2. The normalized spacial score (nSPS) is 13.5. The van der Waals surface area contributed by atoms with Gasteiger partial charge in [-0.15, -0.1) is 0 Å². The lowest BCUT2D eigenvalue weighted by atomic mass is 9.92. The van der Waals surface area contributed by atoms with Crippen LogP contribution in [0.4, 0.5) is 5.95 Å². The van der Waals surface area contributed by atoms with Crippen LogP contribution in [0, 0.1) is 27.1 Å². The lowest BCUT2D eigenvalue weighted by molar-refractivity contribution is -0.135. The number of carbonyl (C=O) groups is 5. The minimum atomic E-state index is -2.04. The molecule has 0 saturated carbocycles. The summed E-state index contributed by atoms with van der Waals surface area (Å²) in [6, 6.07) is 22.8. The van der Waals surface area contributed by atoms with Gasteiger partial charge in [0.05, 0.1) is 11.4 Å². The lowest BCUT2D eigenvalue weighted by Crippen LogP contribution is -2.68. The van der Waals surface area contributed by atoms with E-state index < -0.39 is 90.3 Å². The molecule has 6 atom stereocenters. The van der Waals surface area contributed by atoms with E-state index in [9.17, 15) is 29.1 Å². The molecule has 24 N–H and O–H groups in total. The summed E-state index contributed by atoms with van der Waals surface area (Å²) in [6.07, 6.45) is -8.59. The molecule has 1 aromatic heterocycles. The zero-order valence-corrected chi connectivity index (χ0v) is 41.2. The first-order chi connectivity index (χ1) is 34.3. The molecule has 0 aliphatic heterocycles. The number of halogens is 2. The van der Waals surface area contributed by atoms with Crippen molar-refractivity contribution < 1.29 is 29.1 Å². The van der Waals surface area contributed by atoms with Crippen LogP contribution in [0.25, 0.3) is 22.5 Å². The van der Waals surface area contributed by atoms with E-state index in [0.717, 1.165) is 0 Å². The summed E-state index contributed by atoms with van der Waals surface area (Å²) in [5.41, 5.74) is 29.6. The van der Waals surface area contributed by atoms with Gasteiger partial charge in [-0.3, -0.25) is 50.9 Å². The average molecular weight is 1050 g/mol. The van der Waals surface area contributed by atoms with Crippen LogP contribution in [0.2, 0.25) is 10.0 Å². The Morgan fingerprint density at radius 2 is 0.973 bits per heavy atom. The first-order valence-electron chi connectivity index (χ1n) is 21.9. The molecule has 4 aromatic rings. The van der Waals surface area contributed by atoms with E-state index in [-0.39, 0.29) is 24.5 Å². The van der Waals surface area contributed by atoms with Crippen molar-refractivity contribution in [3.63, 3.8) is 0 Å². The Kier molecular flexibility index (Phi) is 20.4. The van der Waals surface area contributed by atoms with Gasteiger partial charge in [-0.25, -0.2) is 9.97 Å². The van der Waals surface area contributed by atoms with Crippen LogP contribution in [0.5, 0.6) is 0 Å². The Morgan fingerprint density at radius 3 is 1.36 bits per heavy atom. The van der Waals surface area contributed by atoms with Gasteiger partial charge >= 0.3 is 0 Å². The molecule has 0 fully saturated rings. The van der Waals surface area contributed by atoms with Crippen molar-refractivity contribution in [2.75, 3.05) is 18.0 Å². The Balaban J connectivity index is 1.65. The molecule has 0 spiro atoms. The van der Waals surface area contributed by atoms with E-state index in [2.05, 4.69) is 42.5 Å². The number of nitrogens with one attached hydrogen (secondary N) is 13. The van der Waals surface area contributed by atoms with Crippen molar-refractivity contribution in [1.29, 1.82) is 21.6 Å². The Morgan fingerprint density at radius 1 is 0.589 bits per heavy atom. The van der Waals surface area contributed by atoms with Crippen LogP contribution in [0.3, 0.4) is 0 Å². The molecular weight excluding hydrogens is 990 g/mol. The summed E-state index contributed by atoms with van der Waals surface area (Å²) in [5.74, 6) is -9.15. The maximum atomic E-state index is 14.4. The van der Waals surface area contributed by atoms with Gasteiger partial charge in [0.1, 0.15) is 12.3 Å². The average Bonchev–Trinajstić information content (AvgIpc) is 3.30. The van der Waals surface area contributed by atoms with Crippen molar-refractivity contribution in [3.8, 4) is 22.5 Å². The zero-order chi connectivity index (χ0) is 54.2. The fraction of sp³-hybridized carbons (Fsp3) is 0.295. The number of amides is 5. The van der Waals surface area contributed by atoms with Crippen LogP contribution in [-0.2, 0) is 24.0 Å². The number of hydrogen-bond acceptors (Lipinski definition) is 14. The van der Waals surface area contributed by atoms with Crippen molar-refractivity contribution >= 4 is 82.5 Å². The minimum absolute atomic E-state index is 0.153. The van der Waals surface area contributed by atoms with Crippen LogP contribution >= 0.6 is 23.2 Å². The fourth-order valence-electron chi connectivity index (χ4n) is 6.48. The minimum Gasteiger partial charge on any atom is -0.372 e. The number of nitrogens with two attached hydrogens (primary N) is 5. The highest BCUT2D eigenvalue weighted by molar-refractivity contribution is 6.31. The van der Waals surface area contributed by atoms with Crippen molar-refractivity contribution in [1.82, 2.24) is 57.8 Å². The standard InChI is InChI=1S/C44H59Cl2N21O6/c1-44(2,3)17-18-67(43-57-26(21-9-13-24(45)14-10-21)19-27(58-43)22-11-15-25(46)16-12-22)28(68)20-56-29(23-7-5-4-6-8-23)35(70)60-32(64-40(50)51)37(72)62-34(66-42(54)55)38(73)61-33(65-41(52)53)36(71)59-31(30(47)69)63-39(48)49/h4-16,19,28-29,31-34,56,68H,17-18,20H2,1-3H3,(H2,47,69)(H,59,71)(H,60,70)(H,61,73)(H,62,72)(H4,48,49,63)(H4,50,51,64)(H4,52,53,65)(H4,54,55,66). The smallest absolute Gasteiger partial charge is 0.265 e. The van der Waals surface area contributed by atoms with Crippen LogP contribution in [-0.4, -0.2) is 112 Å². The van der Waals surface area contributed by atoms with E-state index in [4.69, 9.17) is 83.5 Å². The number of rotatable bonds is 23. The van der Waals surface area contributed by atoms with Crippen molar-refractivity contribution in [2.24, 2.45) is 34.1 Å². The number of guanidine groups is 4. The Labute approximate surface area is 428 Å². The van der Waals surface area contributed by atoms with Gasteiger partial charge in [-0.1, -0.05) is 98.6 Å². The third-order valence-electron chi connectivity index (χ3n) is 10.0. The molecule has 73 heavy (non-hydrogen) atoms. The Hall–Kier alpha value is -8.53. The maximum Gasteiger partial charge on any atom is 0.265 e. The molecule has 6 unspecified atom stereocenters. The molecule has 0 aliphatic rings. The largest absolute Gasteiger partial charge is 0.372 e. The zero-order valence-electron chi connectivity index (χ0n) is 39.6. The van der Waals surface area contributed by atoms with E-state index in [1.165, 1.54) is 0 Å². The molecule has 0 radical (unpaired) electrons. The van der Waals surface area contributed by atoms with Gasteiger partial charge < -0.3 is 81.2 Å². The van der Waals surface area contributed by atoms with Crippen molar-refractivity contribution in [3.05, 3.63) is 101 Å². The first kappa shape index (κ1) is 57.1. The first-order valence-corrected chi connectivity index (χ1v) is 22.6. The number of hydrogen-bond donors (Lipinski definition) is 19. The van der Waals surface area contributed by atoms with Gasteiger partial charge in [-0.05, 0) is 47.7 Å². The predicted molar refractivity (Wildman–Crippen MR) is 275 cm³/mol. The fourth-order valence-corrected chi connectivity index (χ4v) is 6.74. The predicted octanol–water partition coefficient (Wildman–Crippen LogP) is -1.80. The van der Waals surface area contributed by atoms with Crippen LogP contribution in [0.1, 0.15) is 38.8 Å². The second kappa shape index (κ2) is 26.1. The summed E-state index contributed by atoms with van der Waals surface area (Å²) in [6.45, 7) is 6.03. The third-order valence-corrected chi connectivity index (χ3v) is 10.5. The molecule has 27 nitrogen and oxygen atoms in total. The molecule has 5 amide bonds. The highest BCUT2D eigenvalue weighted by Gasteiger charge is 2.34. The molecule has 3 aromatic carbocycles. The molecule has 4 rings (SSSR count). The highest BCUT2D eigenvalue weighted by atomic mass is 35.5. The number of benzene rings is 3. The van der Waals surface area contributed by atoms with E-state index >= 15 is 0 Å². The van der Waals surface area contributed by atoms with Gasteiger partial charge in [0.2, 0.25) is 11.9 Å². The molecule has 0 saturated heterocycles. The molecular formula is C44H59Cl2N21O6. The second-order valence-corrected chi connectivity index (χ2v) is 18.0. The van der Waals surface area contributed by atoms with Gasteiger partial charge in [0, 0.05) is 34.3 Å². The number of aliphatic hydroxyl groups excluding tert-OH is 1. The number of carbonyl (C=O) groups excluding carboxylic acids is 5. The summed E-state index contributed by atoms with van der Waals surface area (Å²) in [5, 5.41) is 64.3. The quantitative estimate of drug-likeness (QED) is 0.0221. The van der Waals surface area contributed by atoms with Gasteiger partial charge in [-0.2, -0.15) is 0 Å².